The van der Waals surface area contributed by atoms with Crippen LogP contribution in [-0.2, 0) is 17.9 Å². The van der Waals surface area contributed by atoms with Gasteiger partial charge in [-0.3, -0.25) is 14.5 Å². The number of carbonyl (C=O) groups excluding carboxylic acids is 2. The molecule has 0 bridgehead atoms. The summed E-state index contributed by atoms with van der Waals surface area (Å²) in [5.41, 5.74) is 3.74. The highest BCUT2D eigenvalue weighted by Crippen LogP contribution is 2.26. The van der Waals surface area contributed by atoms with E-state index in [-0.39, 0.29) is 17.7 Å². The molecule has 2 aliphatic heterocycles. The van der Waals surface area contributed by atoms with Crippen LogP contribution in [0, 0.1) is 5.92 Å². The van der Waals surface area contributed by atoms with E-state index >= 15 is 0 Å². The summed E-state index contributed by atoms with van der Waals surface area (Å²) < 4.78 is 7.62. The van der Waals surface area contributed by atoms with E-state index in [1.54, 1.807) is 30.2 Å². The van der Waals surface area contributed by atoms with Crippen molar-refractivity contribution in [1.29, 1.82) is 0 Å². The first kappa shape index (κ1) is 29.5. The fraction of sp³-hybridized carbons (Fsp3) is 0.364. The van der Waals surface area contributed by atoms with Crippen LogP contribution in [0.5, 0.6) is 5.75 Å². The molecule has 2 amide bonds. The monoisotopic (exact) mass is 619 g/mol. The Morgan fingerprint density at radius 1 is 0.860 bits per heavy atom. The van der Waals surface area contributed by atoms with Crippen molar-refractivity contribution in [3.8, 4) is 5.75 Å². The van der Waals surface area contributed by atoms with Gasteiger partial charge in [-0.15, -0.1) is 0 Å². The normalized spacial score (nSPS) is 16.5. The van der Waals surface area contributed by atoms with E-state index in [4.69, 9.17) is 32.9 Å². The number of carbonyl (C=O) groups is 2. The van der Waals surface area contributed by atoms with Crippen LogP contribution in [0.1, 0.15) is 34.6 Å². The number of nitrogens with zero attached hydrogens (tertiary/aromatic N) is 5. The van der Waals surface area contributed by atoms with Crippen LogP contribution < -0.4 is 4.74 Å². The van der Waals surface area contributed by atoms with Crippen molar-refractivity contribution in [1.82, 2.24) is 24.3 Å². The fourth-order valence-corrected chi connectivity index (χ4v) is 6.58. The number of methoxy groups -OCH3 is 1. The molecule has 0 spiro atoms. The van der Waals surface area contributed by atoms with Crippen LogP contribution in [-0.4, -0.2) is 82.4 Å². The Morgan fingerprint density at radius 2 is 1.56 bits per heavy atom. The van der Waals surface area contributed by atoms with E-state index < -0.39 is 0 Å². The Hall–Kier alpha value is -3.59. The van der Waals surface area contributed by atoms with Crippen LogP contribution in [0.2, 0.25) is 10.0 Å². The predicted molar refractivity (Wildman–Crippen MR) is 169 cm³/mol. The maximum absolute atomic E-state index is 13.4. The molecule has 4 aromatic rings. The second-order valence-corrected chi connectivity index (χ2v) is 12.1. The lowest BCUT2D eigenvalue weighted by atomic mass is 9.95. The Balaban J connectivity index is 1.04. The SMILES string of the molecule is COc1ccc(Cn2c(CN3CCC(C(=O)N4CCN(C(=O)c5ccc(Cl)cc5Cl)CC4)CC3)nc3ccccc32)cc1. The third kappa shape index (κ3) is 6.51. The first-order valence-corrected chi connectivity index (χ1v) is 15.5. The number of para-hydroxylation sites is 2. The number of likely N-dealkylation sites (tertiary alicyclic amines) is 1. The molecule has 3 heterocycles. The number of piperazine rings is 1. The molecule has 10 heteroatoms. The lowest BCUT2D eigenvalue weighted by molar-refractivity contribution is -0.138. The fourth-order valence-electron chi connectivity index (χ4n) is 6.10. The number of imidazole rings is 1. The molecule has 1 aromatic heterocycles. The van der Waals surface area contributed by atoms with Crippen molar-refractivity contribution in [2.75, 3.05) is 46.4 Å². The summed E-state index contributed by atoms with van der Waals surface area (Å²) in [5.74, 6) is 1.95. The molecule has 0 unspecified atom stereocenters. The smallest absolute Gasteiger partial charge is 0.255 e. The highest BCUT2D eigenvalue weighted by Gasteiger charge is 2.32. The van der Waals surface area contributed by atoms with Gasteiger partial charge in [-0.05, 0) is 74.0 Å². The van der Waals surface area contributed by atoms with E-state index in [1.165, 1.54) is 5.56 Å². The van der Waals surface area contributed by atoms with Gasteiger partial charge in [-0.25, -0.2) is 4.98 Å². The highest BCUT2D eigenvalue weighted by atomic mass is 35.5. The highest BCUT2D eigenvalue weighted by molar-refractivity contribution is 6.36. The zero-order chi connectivity index (χ0) is 29.9. The maximum atomic E-state index is 13.4. The summed E-state index contributed by atoms with van der Waals surface area (Å²) in [4.78, 5) is 37.5. The number of aromatic nitrogens is 2. The quantitative estimate of drug-likeness (QED) is 0.269. The number of hydrogen-bond acceptors (Lipinski definition) is 5. The molecular weight excluding hydrogens is 585 g/mol. The van der Waals surface area contributed by atoms with Gasteiger partial charge in [0.25, 0.3) is 5.91 Å². The van der Waals surface area contributed by atoms with Crippen molar-refractivity contribution >= 4 is 46.0 Å². The van der Waals surface area contributed by atoms with Gasteiger partial charge < -0.3 is 19.1 Å². The number of halogens is 2. The van der Waals surface area contributed by atoms with Crippen molar-refractivity contribution in [2.24, 2.45) is 5.92 Å². The zero-order valence-electron chi connectivity index (χ0n) is 24.2. The average molecular weight is 621 g/mol. The Labute approximate surface area is 261 Å². The van der Waals surface area contributed by atoms with Crippen LogP contribution in [0.4, 0.5) is 0 Å². The van der Waals surface area contributed by atoms with Crippen molar-refractivity contribution in [3.63, 3.8) is 0 Å². The second-order valence-electron chi connectivity index (χ2n) is 11.2. The maximum Gasteiger partial charge on any atom is 0.255 e. The number of amides is 2. The molecule has 2 aliphatic rings. The van der Waals surface area contributed by atoms with Gasteiger partial charge in [0.05, 0.1) is 35.3 Å². The van der Waals surface area contributed by atoms with Crippen LogP contribution >= 0.6 is 23.2 Å². The summed E-state index contributed by atoms with van der Waals surface area (Å²) in [6.45, 7) is 5.20. The standard InChI is InChI=1S/C33H35Cl2N5O3/c1-43-26-9-6-23(7-10-26)21-40-30-5-3-2-4-29(30)36-31(40)22-37-14-12-24(13-15-37)32(41)38-16-18-39(19-17-38)33(42)27-11-8-25(34)20-28(27)35/h2-11,20,24H,12-19,21-22H2,1H3. The first-order chi connectivity index (χ1) is 20.9. The summed E-state index contributed by atoms with van der Waals surface area (Å²) in [6, 6.07) is 21.3. The summed E-state index contributed by atoms with van der Waals surface area (Å²) in [7, 11) is 1.68. The van der Waals surface area contributed by atoms with Gasteiger partial charge in [0.15, 0.2) is 0 Å². The van der Waals surface area contributed by atoms with E-state index in [0.29, 0.717) is 41.8 Å². The molecule has 0 aliphatic carbocycles. The first-order valence-electron chi connectivity index (χ1n) is 14.7. The van der Waals surface area contributed by atoms with Crippen molar-refractivity contribution in [2.45, 2.75) is 25.9 Å². The number of benzene rings is 3. The molecule has 0 saturated carbocycles. The molecule has 8 nitrogen and oxygen atoms in total. The van der Waals surface area contributed by atoms with Gasteiger partial charge in [0, 0.05) is 43.7 Å². The molecular formula is C33H35Cl2N5O3. The number of piperidine rings is 1. The minimum atomic E-state index is -0.125. The van der Waals surface area contributed by atoms with Gasteiger partial charge in [-0.1, -0.05) is 47.5 Å². The van der Waals surface area contributed by atoms with E-state index in [0.717, 1.165) is 61.6 Å². The minimum absolute atomic E-state index is 0.00216. The Bertz CT molecular complexity index is 1610. The second kappa shape index (κ2) is 13.0. The molecule has 43 heavy (non-hydrogen) atoms. The van der Waals surface area contributed by atoms with Crippen LogP contribution in [0.25, 0.3) is 11.0 Å². The summed E-state index contributed by atoms with van der Waals surface area (Å²) in [5, 5.41) is 0.842. The van der Waals surface area contributed by atoms with E-state index in [1.807, 2.05) is 23.1 Å². The van der Waals surface area contributed by atoms with Crippen LogP contribution in [0.3, 0.4) is 0 Å². The molecule has 0 N–H and O–H groups in total. The summed E-state index contributed by atoms with van der Waals surface area (Å²) >= 11 is 12.2. The third-order valence-electron chi connectivity index (χ3n) is 8.58. The van der Waals surface area contributed by atoms with Gasteiger partial charge in [0.1, 0.15) is 11.6 Å². The molecule has 6 rings (SSSR count). The molecule has 2 saturated heterocycles. The molecule has 224 valence electrons. The Kier molecular flexibility index (Phi) is 8.88. The number of rotatable bonds is 7. The average Bonchev–Trinajstić information content (AvgIpc) is 3.37. The van der Waals surface area contributed by atoms with E-state index in [9.17, 15) is 9.59 Å². The lowest BCUT2D eigenvalue weighted by Gasteiger charge is -2.38. The lowest BCUT2D eigenvalue weighted by Crippen LogP contribution is -2.53. The number of ether oxygens (including phenoxy) is 1. The largest absolute Gasteiger partial charge is 0.497 e. The van der Waals surface area contributed by atoms with Crippen LogP contribution in [0.15, 0.2) is 66.7 Å². The molecule has 0 atom stereocenters. The van der Waals surface area contributed by atoms with Gasteiger partial charge in [0.2, 0.25) is 5.91 Å². The molecule has 3 aromatic carbocycles. The van der Waals surface area contributed by atoms with Crippen molar-refractivity contribution in [3.05, 3.63) is 93.7 Å². The van der Waals surface area contributed by atoms with Gasteiger partial charge in [-0.2, -0.15) is 0 Å². The molecule has 0 radical (unpaired) electrons. The number of hydrogen-bond donors (Lipinski definition) is 0. The zero-order valence-corrected chi connectivity index (χ0v) is 25.7. The predicted octanol–water partition coefficient (Wildman–Crippen LogP) is 5.60. The summed E-state index contributed by atoms with van der Waals surface area (Å²) in [6.07, 6.45) is 1.63. The minimum Gasteiger partial charge on any atom is -0.497 e. The number of fused-ring (bicyclic) bond motifs is 1. The topological polar surface area (TPSA) is 70.9 Å². The van der Waals surface area contributed by atoms with Gasteiger partial charge >= 0.3 is 0 Å². The van der Waals surface area contributed by atoms with Crippen molar-refractivity contribution < 1.29 is 14.3 Å². The van der Waals surface area contributed by atoms with E-state index in [2.05, 4.69) is 39.8 Å². The molecule has 2 fully saturated rings. The third-order valence-corrected chi connectivity index (χ3v) is 9.12. The Morgan fingerprint density at radius 3 is 2.26 bits per heavy atom.